The molecule has 3 heterocycles. The Labute approximate surface area is 177 Å². The SMILES string of the molecule is O=[N+]1ON=C(Oc2ccccc2)C1=C1C(c2c(Oc3ccccc3)no[n+]2[O-])=NON1[O-]. The Balaban J connectivity index is 1.56. The number of para-hydroxylation sites is 2. The van der Waals surface area contributed by atoms with Crippen molar-refractivity contribution in [2.24, 2.45) is 10.3 Å². The highest BCUT2D eigenvalue weighted by molar-refractivity contribution is 6.15. The molecule has 2 aliphatic rings. The average molecular weight is 438 g/mol. The van der Waals surface area contributed by atoms with Crippen LogP contribution in [0.3, 0.4) is 0 Å². The van der Waals surface area contributed by atoms with Gasteiger partial charge in [-0.2, -0.15) is 0 Å². The van der Waals surface area contributed by atoms with Crippen LogP contribution in [0.4, 0.5) is 0 Å². The molecule has 0 spiro atoms. The average Bonchev–Trinajstić information content (AvgIpc) is 3.46. The molecule has 0 atom stereocenters. The summed E-state index contributed by atoms with van der Waals surface area (Å²) in [4.78, 5) is 21.3. The predicted octanol–water partition coefficient (Wildman–Crippen LogP) is 1.88. The molecule has 2 aliphatic heterocycles. The fourth-order valence-electron chi connectivity index (χ4n) is 2.78. The monoisotopic (exact) mass is 438 g/mol. The normalized spacial score (nSPS) is 17.5. The molecular weight excluding hydrogens is 428 g/mol. The molecule has 2 aromatic carbocycles. The second kappa shape index (κ2) is 7.69. The minimum Gasteiger partial charge on any atom is -0.722 e. The van der Waals surface area contributed by atoms with Gasteiger partial charge in [0.25, 0.3) is 5.69 Å². The van der Waals surface area contributed by atoms with E-state index in [1.165, 1.54) is 0 Å². The zero-order chi connectivity index (χ0) is 22.1. The van der Waals surface area contributed by atoms with Crippen LogP contribution in [0.5, 0.6) is 17.4 Å². The topological polar surface area (TPSA) is 161 Å². The molecule has 14 nitrogen and oxygen atoms in total. The van der Waals surface area contributed by atoms with E-state index in [0.717, 1.165) is 0 Å². The van der Waals surface area contributed by atoms with Gasteiger partial charge in [-0.3, -0.25) is 9.57 Å². The molecule has 0 saturated heterocycles. The van der Waals surface area contributed by atoms with Crippen molar-refractivity contribution in [1.82, 2.24) is 10.4 Å². The molecule has 0 N–H and O–H groups in total. The minimum atomic E-state index is -0.544. The zero-order valence-corrected chi connectivity index (χ0v) is 15.7. The number of allylic oxidation sites excluding steroid dienone is 1. The first-order chi connectivity index (χ1) is 15.6. The van der Waals surface area contributed by atoms with Gasteiger partial charge in [0, 0.05) is 0 Å². The highest BCUT2D eigenvalue weighted by Gasteiger charge is 2.48. The van der Waals surface area contributed by atoms with E-state index in [4.69, 9.17) is 9.47 Å². The largest absolute Gasteiger partial charge is 0.722 e. The van der Waals surface area contributed by atoms with Crippen LogP contribution in [-0.2, 0) is 9.88 Å². The first-order valence-corrected chi connectivity index (χ1v) is 8.87. The number of nitrogens with zero attached hydrogens (tertiary/aromatic N) is 6. The second-order valence-electron chi connectivity index (χ2n) is 6.13. The lowest BCUT2D eigenvalue weighted by Gasteiger charge is -2.19. The lowest BCUT2D eigenvalue weighted by molar-refractivity contribution is -0.803. The molecule has 5 rings (SSSR count). The Kier molecular flexibility index (Phi) is 4.57. The maximum Gasteiger partial charge on any atom is 0.440 e. The molecule has 0 unspecified atom stereocenters. The van der Waals surface area contributed by atoms with Gasteiger partial charge in [-0.25, -0.2) is 5.23 Å². The van der Waals surface area contributed by atoms with Crippen LogP contribution in [0, 0.1) is 15.3 Å². The molecule has 0 amide bonds. The molecule has 0 fully saturated rings. The molecule has 160 valence electrons. The highest BCUT2D eigenvalue weighted by atomic mass is 17.0. The van der Waals surface area contributed by atoms with Gasteiger partial charge in [-0.1, -0.05) is 36.4 Å². The van der Waals surface area contributed by atoms with E-state index in [-0.39, 0.29) is 26.8 Å². The lowest BCUT2D eigenvalue weighted by atomic mass is 10.1. The summed E-state index contributed by atoms with van der Waals surface area (Å²) in [5.74, 6) is -0.0878. The molecule has 32 heavy (non-hydrogen) atoms. The van der Waals surface area contributed by atoms with E-state index >= 15 is 0 Å². The molecule has 14 heteroatoms. The second-order valence-corrected chi connectivity index (χ2v) is 6.13. The van der Waals surface area contributed by atoms with E-state index in [1.54, 1.807) is 60.7 Å². The lowest BCUT2D eigenvalue weighted by Crippen LogP contribution is -2.34. The highest BCUT2D eigenvalue weighted by Crippen LogP contribution is 2.31. The van der Waals surface area contributed by atoms with Crippen LogP contribution in [-0.4, -0.2) is 26.9 Å². The van der Waals surface area contributed by atoms with Gasteiger partial charge in [-0.15, -0.1) is 0 Å². The third-order valence-corrected chi connectivity index (χ3v) is 4.14. The van der Waals surface area contributed by atoms with E-state index in [1.807, 2.05) is 0 Å². The summed E-state index contributed by atoms with van der Waals surface area (Å²) in [6.45, 7) is 0. The fourth-order valence-corrected chi connectivity index (χ4v) is 2.78. The molecular formula is C18H10N6O8. The fraction of sp³-hybridized carbons (Fsp3) is 0. The van der Waals surface area contributed by atoms with E-state index < -0.39 is 22.8 Å². The Hall–Kier alpha value is -4.98. The zero-order valence-electron chi connectivity index (χ0n) is 15.7. The number of aromatic nitrogens is 2. The van der Waals surface area contributed by atoms with Gasteiger partial charge in [0.1, 0.15) is 11.5 Å². The quantitative estimate of drug-likeness (QED) is 0.550. The van der Waals surface area contributed by atoms with Crippen molar-refractivity contribution in [3.05, 3.63) is 93.1 Å². The van der Waals surface area contributed by atoms with Crippen molar-refractivity contribution in [3.8, 4) is 17.4 Å². The van der Waals surface area contributed by atoms with E-state index in [9.17, 15) is 15.3 Å². The van der Waals surface area contributed by atoms with Crippen molar-refractivity contribution >= 4 is 11.6 Å². The third-order valence-electron chi connectivity index (χ3n) is 4.14. The summed E-state index contributed by atoms with van der Waals surface area (Å²) in [6, 6.07) is 16.6. The van der Waals surface area contributed by atoms with Gasteiger partial charge in [0.2, 0.25) is 5.16 Å². The van der Waals surface area contributed by atoms with Gasteiger partial charge >= 0.3 is 17.5 Å². The van der Waals surface area contributed by atoms with Gasteiger partial charge < -0.3 is 19.9 Å². The smallest absolute Gasteiger partial charge is 0.440 e. The number of oxime groups is 2. The predicted molar refractivity (Wildman–Crippen MR) is 101 cm³/mol. The maximum atomic E-state index is 12.4. The molecule has 0 aliphatic carbocycles. The molecule has 3 aromatic rings. The van der Waals surface area contributed by atoms with Crippen molar-refractivity contribution in [1.29, 1.82) is 0 Å². The van der Waals surface area contributed by atoms with Crippen molar-refractivity contribution in [2.75, 3.05) is 0 Å². The Morgan fingerprint density at radius 2 is 1.59 bits per heavy atom. The molecule has 0 saturated carbocycles. The molecule has 0 bridgehead atoms. The van der Waals surface area contributed by atoms with Crippen LogP contribution in [0.25, 0.3) is 0 Å². The summed E-state index contributed by atoms with van der Waals surface area (Å²) >= 11 is 0. The van der Waals surface area contributed by atoms with Crippen LogP contribution in [0.1, 0.15) is 5.69 Å². The summed E-state index contributed by atoms with van der Waals surface area (Å²) in [6.07, 6.45) is 0. The summed E-state index contributed by atoms with van der Waals surface area (Å²) in [5, 5.41) is 35.2. The molecule has 0 radical (unpaired) electrons. The Morgan fingerprint density at radius 1 is 0.938 bits per heavy atom. The number of hydrogen-bond donors (Lipinski definition) is 0. The van der Waals surface area contributed by atoms with Gasteiger partial charge in [0.05, 0.1) is 5.16 Å². The van der Waals surface area contributed by atoms with Crippen molar-refractivity contribution < 1.29 is 33.8 Å². The number of ether oxygens (including phenoxy) is 2. The number of rotatable bonds is 4. The van der Waals surface area contributed by atoms with Gasteiger partial charge in [0.15, 0.2) is 16.3 Å². The van der Waals surface area contributed by atoms with Crippen molar-refractivity contribution in [3.63, 3.8) is 0 Å². The van der Waals surface area contributed by atoms with Crippen LogP contribution in [0.2, 0.25) is 0 Å². The molecule has 1 aromatic heterocycles. The van der Waals surface area contributed by atoms with Gasteiger partial charge in [-0.05, 0) is 44.2 Å². The van der Waals surface area contributed by atoms with E-state index in [2.05, 4.69) is 30.0 Å². The number of benzene rings is 2. The number of hydroxylamine groups is 2. The number of hydrogen-bond acceptors (Lipinski definition) is 12. The summed E-state index contributed by atoms with van der Waals surface area (Å²) in [7, 11) is 0. The van der Waals surface area contributed by atoms with E-state index in [0.29, 0.717) is 11.5 Å². The third kappa shape index (κ3) is 3.31. The Morgan fingerprint density at radius 3 is 2.28 bits per heavy atom. The van der Waals surface area contributed by atoms with Crippen molar-refractivity contribution in [2.45, 2.75) is 0 Å². The summed E-state index contributed by atoms with van der Waals surface area (Å²) in [5.41, 5.74) is -1.91. The van der Waals surface area contributed by atoms with Crippen LogP contribution >= 0.6 is 0 Å². The Bertz CT molecular complexity index is 1270. The van der Waals surface area contributed by atoms with Crippen LogP contribution < -0.4 is 14.4 Å². The minimum absolute atomic E-state index is 0.0555. The maximum absolute atomic E-state index is 12.4. The first-order valence-electron chi connectivity index (χ1n) is 8.87. The first kappa shape index (κ1) is 19.0. The standard InChI is InChI=1S/C18H10N6O8/c25-22-14(16-18(21-32-24(16)27)29-12-9-5-2-6-10-12)13(19-30-22)15-17(20-31-23(15)26)28-11-7-3-1-4-8-11/h1-10H. The summed E-state index contributed by atoms with van der Waals surface area (Å²) < 4.78 is 15.7. The van der Waals surface area contributed by atoms with Crippen LogP contribution in [0.15, 0.2) is 87.0 Å².